The topological polar surface area (TPSA) is 40.9 Å². The highest BCUT2D eigenvalue weighted by Gasteiger charge is 1.98. The monoisotopic (exact) mass is 212 g/mol. The molecule has 1 N–H and O–H groups in total. The molecule has 7 heavy (non-hydrogen) atoms. The smallest absolute Gasteiger partial charge is 0.239 e. The van der Waals surface area contributed by atoms with Crippen molar-refractivity contribution in [2.24, 2.45) is 0 Å². The largest absolute Gasteiger partial charge is 0.273 e. The maximum absolute atomic E-state index is 9.92. The van der Waals surface area contributed by atoms with E-state index in [1.54, 1.807) is 0 Å². The van der Waals surface area contributed by atoms with Gasteiger partial charge in [0, 0.05) is 10.3 Å². The van der Waals surface area contributed by atoms with E-state index >= 15 is 0 Å². The number of carbonyl (C=O) groups excluding carboxylic acids is 1. The lowest BCUT2D eigenvalue weighted by Gasteiger charge is -1.92. The molecular formula is C4H7INO. The van der Waals surface area contributed by atoms with E-state index in [4.69, 9.17) is 5.73 Å². The van der Waals surface area contributed by atoms with Crippen LogP contribution in [0.4, 0.5) is 0 Å². The number of amides is 1. The van der Waals surface area contributed by atoms with E-state index in [-0.39, 0.29) is 0 Å². The van der Waals surface area contributed by atoms with Gasteiger partial charge in [-0.15, -0.1) is 0 Å². The van der Waals surface area contributed by atoms with Crippen molar-refractivity contribution in [2.45, 2.75) is 17.3 Å². The third kappa shape index (κ3) is 6.20. The van der Waals surface area contributed by atoms with Gasteiger partial charge in [-0.2, -0.15) is 0 Å². The van der Waals surface area contributed by atoms with Gasteiger partial charge in [-0.1, -0.05) is 29.5 Å². The van der Waals surface area contributed by atoms with E-state index in [2.05, 4.69) is 22.6 Å². The molecule has 0 aromatic heterocycles. The number of rotatable bonds is 2. The quantitative estimate of drug-likeness (QED) is 0.497. The van der Waals surface area contributed by atoms with Gasteiger partial charge in [0.15, 0.2) is 0 Å². The van der Waals surface area contributed by atoms with Crippen molar-refractivity contribution >= 4 is 28.5 Å². The first-order valence-electron chi connectivity index (χ1n) is 2.01. The molecule has 0 aliphatic heterocycles. The molecule has 0 fully saturated rings. The van der Waals surface area contributed by atoms with Gasteiger partial charge in [-0.25, -0.2) is 0 Å². The third-order valence-electron chi connectivity index (χ3n) is 0.467. The van der Waals surface area contributed by atoms with Crippen LogP contribution in [0, 0.1) is 0 Å². The SMILES string of the molecule is CC(I)CC([NH])=O. The van der Waals surface area contributed by atoms with E-state index in [0.717, 1.165) is 0 Å². The number of hydrogen-bond acceptors (Lipinski definition) is 1. The zero-order valence-corrected chi connectivity index (χ0v) is 6.23. The molecule has 0 saturated heterocycles. The molecule has 3 heteroatoms. The summed E-state index contributed by atoms with van der Waals surface area (Å²) in [6, 6.07) is 0. The van der Waals surface area contributed by atoms with Crippen LogP contribution < -0.4 is 5.73 Å². The Labute approximate surface area is 56.6 Å². The van der Waals surface area contributed by atoms with Crippen molar-refractivity contribution in [3.05, 3.63) is 0 Å². The van der Waals surface area contributed by atoms with Crippen molar-refractivity contribution in [3.8, 4) is 0 Å². The molecule has 0 spiro atoms. The molecule has 0 aromatic carbocycles. The Morgan fingerprint density at radius 3 is 2.43 bits per heavy atom. The summed E-state index contributed by atoms with van der Waals surface area (Å²) in [5, 5.41) is 0. The molecule has 0 rings (SSSR count). The molecule has 2 nitrogen and oxygen atoms in total. The Hall–Kier alpha value is 0.200. The van der Waals surface area contributed by atoms with Crippen LogP contribution in [0.3, 0.4) is 0 Å². The molecule has 0 bridgehead atoms. The average molecular weight is 212 g/mol. The minimum absolute atomic E-state index is 0.308. The normalized spacial score (nSPS) is 13.4. The average Bonchev–Trinajstić information content (AvgIpc) is 1.27. The summed E-state index contributed by atoms with van der Waals surface area (Å²) in [4.78, 5) is 9.92. The third-order valence-corrected chi connectivity index (χ3v) is 0.907. The van der Waals surface area contributed by atoms with E-state index in [9.17, 15) is 4.79 Å². The summed E-state index contributed by atoms with van der Waals surface area (Å²) in [5.74, 6) is -0.470. The summed E-state index contributed by atoms with van der Waals surface area (Å²) < 4.78 is 0.308. The van der Waals surface area contributed by atoms with Gasteiger partial charge in [0.2, 0.25) is 5.91 Å². The molecule has 41 valence electrons. The first-order chi connectivity index (χ1) is 3.13. The number of halogens is 1. The number of nitrogens with one attached hydrogen (secondary N) is 1. The Bertz CT molecular complexity index is 72.1. The second-order valence-corrected chi connectivity index (χ2v) is 3.53. The molecule has 1 atom stereocenters. The van der Waals surface area contributed by atoms with Crippen LogP contribution >= 0.6 is 22.6 Å². The van der Waals surface area contributed by atoms with Crippen molar-refractivity contribution in [2.75, 3.05) is 0 Å². The van der Waals surface area contributed by atoms with Gasteiger partial charge in [0.1, 0.15) is 0 Å². The van der Waals surface area contributed by atoms with Gasteiger partial charge in [0.25, 0.3) is 0 Å². The fraction of sp³-hybridized carbons (Fsp3) is 0.750. The van der Waals surface area contributed by atoms with E-state index < -0.39 is 5.91 Å². The van der Waals surface area contributed by atoms with Crippen LogP contribution in [0.5, 0.6) is 0 Å². The first kappa shape index (κ1) is 7.20. The molecular weight excluding hydrogens is 205 g/mol. The zero-order valence-electron chi connectivity index (χ0n) is 4.07. The number of hydrogen-bond donors (Lipinski definition) is 0. The van der Waals surface area contributed by atoms with Crippen LogP contribution in [0.15, 0.2) is 0 Å². The molecule has 0 aromatic rings. The summed E-state index contributed by atoms with van der Waals surface area (Å²) in [7, 11) is 0. The maximum Gasteiger partial charge on any atom is 0.239 e. The van der Waals surface area contributed by atoms with E-state index in [0.29, 0.717) is 10.3 Å². The highest BCUT2D eigenvalue weighted by atomic mass is 127. The molecule has 0 aliphatic carbocycles. The van der Waals surface area contributed by atoms with Crippen molar-refractivity contribution in [1.82, 2.24) is 5.73 Å². The highest BCUT2D eigenvalue weighted by Crippen LogP contribution is 2.01. The van der Waals surface area contributed by atoms with Crippen LogP contribution in [0.1, 0.15) is 13.3 Å². The van der Waals surface area contributed by atoms with Gasteiger partial charge in [-0.05, 0) is 0 Å². The molecule has 1 unspecified atom stereocenters. The summed E-state index contributed by atoms with van der Waals surface area (Å²) in [5.41, 5.74) is 6.46. The Morgan fingerprint density at radius 1 is 2.00 bits per heavy atom. The van der Waals surface area contributed by atoms with Crippen molar-refractivity contribution < 1.29 is 4.79 Å². The zero-order chi connectivity index (χ0) is 5.86. The van der Waals surface area contributed by atoms with Gasteiger partial charge < -0.3 is 0 Å². The van der Waals surface area contributed by atoms with Crippen molar-refractivity contribution in [1.29, 1.82) is 0 Å². The minimum atomic E-state index is -0.470. The second-order valence-electron chi connectivity index (χ2n) is 1.41. The highest BCUT2D eigenvalue weighted by molar-refractivity contribution is 14.1. The fourth-order valence-corrected chi connectivity index (χ4v) is 0.655. The maximum atomic E-state index is 9.92. The van der Waals surface area contributed by atoms with E-state index in [1.807, 2.05) is 6.92 Å². The van der Waals surface area contributed by atoms with E-state index in [1.165, 1.54) is 0 Å². The van der Waals surface area contributed by atoms with Gasteiger partial charge >= 0.3 is 0 Å². The Kier molecular flexibility index (Phi) is 3.33. The van der Waals surface area contributed by atoms with Crippen LogP contribution in [0.2, 0.25) is 0 Å². The fourth-order valence-electron chi connectivity index (χ4n) is 0.255. The summed E-state index contributed by atoms with van der Waals surface area (Å²) in [6.07, 6.45) is 0.376. The lowest BCUT2D eigenvalue weighted by atomic mass is 10.3. The standard InChI is InChI=1S/C4H7INO/c1-3(5)2-4(6)7/h3,6H,2H2,1H3. The number of alkyl halides is 1. The van der Waals surface area contributed by atoms with Crippen LogP contribution in [-0.4, -0.2) is 9.83 Å². The lowest BCUT2D eigenvalue weighted by Crippen LogP contribution is -2.03. The molecule has 1 radical (unpaired) electrons. The predicted octanol–water partition coefficient (Wildman–Crippen LogP) is 1.01. The molecule has 0 heterocycles. The molecule has 1 amide bonds. The first-order valence-corrected chi connectivity index (χ1v) is 3.26. The molecule has 0 aliphatic rings. The predicted molar refractivity (Wildman–Crippen MR) is 36.2 cm³/mol. The van der Waals surface area contributed by atoms with Crippen molar-refractivity contribution in [3.63, 3.8) is 0 Å². The van der Waals surface area contributed by atoms with Crippen LogP contribution in [-0.2, 0) is 4.79 Å². The van der Waals surface area contributed by atoms with Crippen LogP contribution in [0.25, 0.3) is 0 Å². The number of carbonyl (C=O) groups is 1. The Morgan fingerprint density at radius 2 is 2.43 bits per heavy atom. The second kappa shape index (κ2) is 3.23. The summed E-state index contributed by atoms with van der Waals surface area (Å²) >= 11 is 2.12. The Balaban J connectivity index is 3.13. The van der Waals surface area contributed by atoms with Gasteiger partial charge in [0.05, 0.1) is 0 Å². The summed E-state index contributed by atoms with van der Waals surface area (Å²) in [6.45, 7) is 1.91. The minimum Gasteiger partial charge on any atom is -0.273 e. The van der Waals surface area contributed by atoms with Gasteiger partial charge in [-0.3, -0.25) is 10.5 Å². The lowest BCUT2D eigenvalue weighted by molar-refractivity contribution is -0.118. The molecule has 0 saturated carbocycles.